The molecule has 6 heavy (non-hydrogen) atoms. The van der Waals surface area contributed by atoms with Crippen molar-refractivity contribution in [1.82, 2.24) is 0 Å². The maximum absolute atomic E-state index is 7.00. The molecule has 0 heterocycles. The first-order valence-electron chi connectivity index (χ1n) is 0.516. The molecule has 0 aromatic carbocycles. The number of rotatable bonds is 0. The van der Waals surface area contributed by atoms with Crippen molar-refractivity contribution >= 4 is 20.1 Å². The number of hydrogen-bond acceptors (Lipinski definition) is 2. The first-order valence-corrected chi connectivity index (χ1v) is 0.516. The predicted molar refractivity (Wildman–Crippen MR) is 19.7 cm³/mol. The number of halogens is 1. The third kappa shape index (κ3) is 25.7. The molecule has 2 N–H and O–H groups in total. The molecule has 29 valence electrons. The van der Waals surface area contributed by atoms with Crippen LogP contribution in [0.5, 0.6) is 0 Å². The fourth-order valence-electron chi connectivity index (χ4n) is 0. The summed E-state index contributed by atoms with van der Waals surface area (Å²) in [6.45, 7) is 0. The molecule has 0 saturated heterocycles. The second-order valence-corrected chi connectivity index (χ2v) is 0.115. The van der Waals surface area contributed by atoms with Crippen LogP contribution < -0.4 is 103 Å². The molecule has 0 fully saturated rings. The average Bonchev–Trinajstić information content (AvgIpc) is 0.918. The van der Waals surface area contributed by atoms with Gasteiger partial charge in [0.15, 0.2) is 0 Å². The zero-order valence-corrected chi connectivity index (χ0v) is 10.9. The van der Waals surface area contributed by atoms with E-state index in [0.29, 0.717) is 0 Å². The van der Waals surface area contributed by atoms with Gasteiger partial charge in [-0.05, 0) is 0 Å². The van der Waals surface area contributed by atoms with Gasteiger partial charge in [0.05, 0.1) is 0 Å². The monoisotopic (exact) mass is 161 g/mol. The standard InChI is InChI=1S/BH2O2.ClH.2K.2H/c2-1-3;;;;;/h2-3H;1H;;;;/q;;2*+1;2*-1. The van der Waals surface area contributed by atoms with E-state index in [4.69, 9.17) is 10.0 Å². The van der Waals surface area contributed by atoms with Gasteiger partial charge >= 0.3 is 110 Å². The molecular weight excluding hydrogens is 156 g/mol. The van der Waals surface area contributed by atoms with E-state index in [-0.39, 0.29) is 126 Å². The summed E-state index contributed by atoms with van der Waals surface area (Å²) in [7, 11) is 0. The SMILES string of the molecule is Cl.O[B]O.[H-].[H-].[K+].[K+]. The fourth-order valence-corrected chi connectivity index (χ4v) is 0. The van der Waals surface area contributed by atoms with Gasteiger partial charge < -0.3 is 12.9 Å². The van der Waals surface area contributed by atoms with Crippen molar-refractivity contribution in [2.24, 2.45) is 0 Å². The summed E-state index contributed by atoms with van der Waals surface area (Å²) in [5, 5.41) is 14.0. The van der Waals surface area contributed by atoms with Crippen LogP contribution in [-0.4, -0.2) is 17.7 Å². The molecule has 0 rings (SSSR count). The molecule has 0 amide bonds. The molecule has 0 atom stereocenters. The van der Waals surface area contributed by atoms with Crippen molar-refractivity contribution in [3.8, 4) is 0 Å². The van der Waals surface area contributed by atoms with Crippen LogP contribution in [0.25, 0.3) is 0 Å². The van der Waals surface area contributed by atoms with Crippen LogP contribution in [-0.2, 0) is 0 Å². The minimum atomic E-state index is 0. The third-order valence-corrected chi connectivity index (χ3v) is 0. The molecule has 1 radical (unpaired) electrons. The molecule has 0 aliphatic carbocycles. The van der Waals surface area contributed by atoms with E-state index in [1.54, 1.807) is 0 Å². The molecule has 0 bridgehead atoms. The Hall–Kier alpha value is 3.55. The Bertz CT molecular complexity index is 18.0. The van der Waals surface area contributed by atoms with Gasteiger partial charge in [-0.25, -0.2) is 0 Å². The first kappa shape index (κ1) is 22.7. The van der Waals surface area contributed by atoms with Gasteiger partial charge in [-0.2, -0.15) is 0 Å². The molecule has 6 heteroatoms. The van der Waals surface area contributed by atoms with Crippen molar-refractivity contribution in [2.45, 2.75) is 0 Å². The number of hydrogen-bond donors (Lipinski definition) is 2. The van der Waals surface area contributed by atoms with Crippen molar-refractivity contribution in [2.75, 3.05) is 0 Å². The minimum absolute atomic E-state index is 0. The van der Waals surface area contributed by atoms with Crippen LogP contribution >= 0.6 is 12.4 Å². The normalized spacial score (nSPS) is 2.33. The second-order valence-electron chi connectivity index (χ2n) is 0.115. The Morgan fingerprint density at radius 3 is 1.17 bits per heavy atom. The smallest absolute Gasteiger partial charge is 1.00 e. The molecule has 2 nitrogen and oxygen atoms in total. The maximum atomic E-state index is 7.00. The summed E-state index contributed by atoms with van der Waals surface area (Å²) < 4.78 is 0. The first-order chi connectivity index (χ1) is 1.41. The summed E-state index contributed by atoms with van der Waals surface area (Å²) in [4.78, 5) is 0. The Labute approximate surface area is 132 Å². The van der Waals surface area contributed by atoms with E-state index in [9.17, 15) is 0 Å². The predicted octanol–water partition coefficient (Wildman–Crippen LogP) is -6.84. The summed E-state index contributed by atoms with van der Waals surface area (Å²) >= 11 is 0. The third-order valence-electron chi connectivity index (χ3n) is 0. The average molecular weight is 161 g/mol. The molecule has 0 unspecified atom stereocenters. The van der Waals surface area contributed by atoms with Crippen molar-refractivity contribution in [3.05, 3.63) is 0 Å². The molecule has 0 spiro atoms. The van der Waals surface area contributed by atoms with Crippen LogP contribution in [0.15, 0.2) is 0 Å². The van der Waals surface area contributed by atoms with E-state index in [1.807, 2.05) is 0 Å². The quantitative estimate of drug-likeness (QED) is 0.347. The Morgan fingerprint density at radius 2 is 1.17 bits per heavy atom. The molecule has 0 aliphatic heterocycles. The maximum Gasteiger partial charge on any atom is 1.00 e. The van der Waals surface area contributed by atoms with Crippen LogP contribution in [0, 0.1) is 0 Å². The summed E-state index contributed by atoms with van der Waals surface area (Å²) in [6.07, 6.45) is 0. The van der Waals surface area contributed by atoms with E-state index < -0.39 is 0 Å². The molecular formula is H5BClK2O2. The Morgan fingerprint density at radius 1 is 1.17 bits per heavy atom. The van der Waals surface area contributed by atoms with Gasteiger partial charge in [-0.15, -0.1) is 12.4 Å². The topological polar surface area (TPSA) is 40.5 Å². The van der Waals surface area contributed by atoms with Gasteiger partial charge in [-0.3, -0.25) is 0 Å². The van der Waals surface area contributed by atoms with Crippen molar-refractivity contribution < 1.29 is 116 Å². The molecule has 0 aromatic heterocycles. The minimum Gasteiger partial charge on any atom is -1.00 e. The largest absolute Gasteiger partial charge is 1.00 e. The summed E-state index contributed by atoms with van der Waals surface area (Å²) in [6, 6.07) is 0. The summed E-state index contributed by atoms with van der Waals surface area (Å²) in [5.41, 5.74) is 0. The summed E-state index contributed by atoms with van der Waals surface area (Å²) in [5.74, 6) is 0. The fraction of sp³-hybridized carbons (Fsp3) is 0. The Kier molecular flexibility index (Phi) is 88.9. The van der Waals surface area contributed by atoms with Gasteiger partial charge in [-0.1, -0.05) is 0 Å². The van der Waals surface area contributed by atoms with E-state index in [0.717, 1.165) is 0 Å². The molecule has 0 aliphatic rings. The van der Waals surface area contributed by atoms with Gasteiger partial charge in [0.1, 0.15) is 0 Å². The zero-order chi connectivity index (χ0) is 2.71. The molecule has 0 aromatic rings. The van der Waals surface area contributed by atoms with E-state index >= 15 is 0 Å². The second kappa shape index (κ2) is 23.5. The van der Waals surface area contributed by atoms with Crippen LogP contribution in [0.4, 0.5) is 0 Å². The van der Waals surface area contributed by atoms with Gasteiger partial charge in [0, 0.05) is 0 Å². The van der Waals surface area contributed by atoms with Gasteiger partial charge in [0.25, 0.3) is 0 Å². The van der Waals surface area contributed by atoms with Crippen LogP contribution in [0.3, 0.4) is 0 Å². The van der Waals surface area contributed by atoms with Crippen LogP contribution in [0.1, 0.15) is 2.85 Å². The van der Waals surface area contributed by atoms with Crippen molar-refractivity contribution in [1.29, 1.82) is 0 Å². The van der Waals surface area contributed by atoms with Gasteiger partial charge in [0.2, 0.25) is 0 Å². The Balaban J connectivity index is -0.00000000200. The zero-order valence-electron chi connectivity index (χ0n) is 5.88. The van der Waals surface area contributed by atoms with E-state index in [2.05, 4.69) is 0 Å². The van der Waals surface area contributed by atoms with Crippen LogP contribution in [0.2, 0.25) is 0 Å². The van der Waals surface area contributed by atoms with Crippen molar-refractivity contribution in [3.63, 3.8) is 0 Å². The van der Waals surface area contributed by atoms with E-state index in [1.165, 1.54) is 0 Å². The molecule has 0 saturated carbocycles.